The van der Waals surface area contributed by atoms with Gasteiger partial charge in [0, 0.05) is 45.2 Å². The van der Waals surface area contributed by atoms with E-state index in [-0.39, 0.29) is 11.8 Å². The number of rotatable bonds is 8. The summed E-state index contributed by atoms with van der Waals surface area (Å²) in [5.74, 6) is 0.162. The third-order valence-electron chi connectivity index (χ3n) is 17.1. The smallest absolute Gasteiger partial charge is 0.0561 e. The Labute approximate surface area is 438 Å². The Morgan fingerprint density at radius 2 is 1.04 bits per heavy atom. The molecule has 1 heterocycles. The molecule has 4 unspecified atom stereocenters. The van der Waals surface area contributed by atoms with Crippen LogP contribution in [0.4, 0.5) is 11.4 Å². The van der Waals surface area contributed by atoms with Gasteiger partial charge in [0.1, 0.15) is 0 Å². The highest BCUT2D eigenvalue weighted by Crippen LogP contribution is 2.69. The fourth-order valence-electron chi connectivity index (χ4n) is 14.0. The molecule has 3 aliphatic carbocycles. The second-order valence-corrected chi connectivity index (χ2v) is 20.9. The summed E-state index contributed by atoms with van der Waals surface area (Å²) in [7, 11) is 0. The molecule has 0 amide bonds. The van der Waals surface area contributed by atoms with E-state index in [1.54, 1.807) is 0 Å². The zero-order chi connectivity index (χ0) is 49.7. The van der Waals surface area contributed by atoms with Crippen molar-refractivity contribution in [3.8, 4) is 39.1 Å². The van der Waals surface area contributed by atoms with Crippen LogP contribution in [0, 0.1) is 18.8 Å². The molecule has 2 nitrogen and oxygen atoms in total. The monoisotopic (exact) mass is 956 g/mol. The Morgan fingerprint density at radius 3 is 1.89 bits per heavy atom. The first-order chi connectivity index (χ1) is 37.1. The van der Waals surface area contributed by atoms with E-state index in [0.29, 0.717) is 0 Å². The molecular formula is C73H52N2. The summed E-state index contributed by atoms with van der Waals surface area (Å²) in [4.78, 5) is 0. The minimum atomic E-state index is -0.562. The maximum atomic E-state index is 4.02. The SMILES string of the molecule is Cc1ccc(C2(c3cccc(-c4cc(-c5ccccc5)ccc4Nc4ccc5c6ccccc6n(-c6ccc7ccccc7c6)c5c4)c3)c3cccc4c3C(c3ccccc3)(c3ccccc3-4)C3C=CC=CC32)cc1. The van der Waals surface area contributed by atoms with Crippen LogP contribution >= 0.6 is 0 Å². The zero-order valence-corrected chi connectivity index (χ0v) is 41.7. The first kappa shape index (κ1) is 43.4. The van der Waals surface area contributed by atoms with Crippen LogP contribution in [0.3, 0.4) is 0 Å². The fourth-order valence-corrected chi connectivity index (χ4v) is 14.0. The van der Waals surface area contributed by atoms with Gasteiger partial charge in [-0.15, -0.1) is 0 Å². The second kappa shape index (κ2) is 16.9. The van der Waals surface area contributed by atoms with E-state index in [1.807, 2.05) is 0 Å². The number of fused-ring (bicyclic) bond motifs is 9. The van der Waals surface area contributed by atoms with Crippen LogP contribution in [0.1, 0.15) is 38.9 Å². The van der Waals surface area contributed by atoms with Gasteiger partial charge < -0.3 is 9.88 Å². The van der Waals surface area contributed by atoms with Crippen molar-refractivity contribution in [3.63, 3.8) is 0 Å². The zero-order valence-electron chi connectivity index (χ0n) is 41.7. The first-order valence-corrected chi connectivity index (χ1v) is 26.4. The normalized spacial score (nSPS) is 19.0. The van der Waals surface area contributed by atoms with Crippen LogP contribution < -0.4 is 5.32 Å². The van der Waals surface area contributed by atoms with Crippen molar-refractivity contribution in [2.24, 2.45) is 11.8 Å². The van der Waals surface area contributed by atoms with Crippen molar-refractivity contribution >= 4 is 44.0 Å². The molecule has 0 radical (unpaired) electrons. The predicted molar refractivity (Wildman–Crippen MR) is 313 cm³/mol. The van der Waals surface area contributed by atoms with Gasteiger partial charge in [0.05, 0.1) is 21.9 Å². The van der Waals surface area contributed by atoms with Gasteiger partial charge in [0.15, 0.2) is 0 Å². The van der Waals surface area contributed by atoms with E-state index in [9.17, 15) is 0 Å². The average Bonchev–Trinajstić information content (AvgIpc) is 4.23. The van der Waals surface area contributed by atoms with Crippen LogP contribution in [0.15, 0.2) is 279 Å². The number of aromatic nitrogens is 1. The number of benzene rings is 11. The Kier molecular flexibility index (Phi) is 9.78. The Balaban J connectivity index is 0.949. The van der Waals surface area contributed by atoms with Gasteiger partial charge in [-0.05, 0) is 127 Å². The largest absolute Gasteiger partial charge is 0.355 e. The first-order valence-electron chi connectivity index (χ1n) is 26.4. The topological polar surface area (TPSA) is 17.0 Å². The summed E-state index contributed by atoms with van der Waals surface area (Å²) in [6.07, 6.45) is 9.69. The minimum Gasteiger partial charge on any atom is -0.355 e. The Morgan fingerprint density at radius 1 is 0.387 bits per heavy atom. The molecule has 12 aromatic rings. The van der Waals surface area contributed by atoms with Gasteiger partial charge in [-0.25, -0.2) is 0 Å². The number of anilines is 2. The molecule has 2 heteroatoms. The van der Waals surface area contributed by atoms with Crippen LogP contribution in [0.2, 0.25) is 0 Å². The summed E-state index contributed by atoms with van der Waals surface area (Å²) < 4.78 is 2.42. The number of hydrogen-bond donors (Lipinski definition) is 1. The van der Waals surface area contributed by atoms with Gasteiger partial charge >= 0.3 is 0 Å². The van der Waals surface area contributed by atoms with Crippen molar-refractivity contribution in [1.82, 2.24) is 4.57 Å². The quantitative estimate of drug-likeness (QED) is 0.161. The Bertz CT molecular complexity index is 4290. The average molecular weight is 957 g/mol. The minimum absolute atomic E-state index is 0.0592. The molecule has 4 atom stereocenters. The van der Waals surface area contributed by atoms with E-state index < -0.39 is 10.8 Å². The summed E-state index contributed by atoms with van der Waals surface area (Å²) in [5.41, 5.74) is 21.3. The molecule has 3 aliphatic rings. The molecular weight excluding hydrogens is 905 g/mol. The fraction of sp³-hybridized carbons (Fsp3) is 0.0685. The number of allylic oxidation sites excluding steroid dienone is 4. The lowest BCUT2D eigenvalue weighted by atomic mass is 9.44. The van der Waals surface area contributed by atoms with Gasteiger partial charge in [0.25, 0.3) is 0 Å². The lowest BCUT2D eigenvalue weighted by Gasteiger charge is -2.57. The maximum Gasteiger partial charge on any atom is 0.0561 e. The van der Waals surface area contributed by atoms with Gasteiger partial charge in [0.2, 0.25) is 0 Å². The molecule has 1 aromatic heterocycles. The summed E-state index contributed by atoms with van der Waals surface area (Å²) >= 11 is 0. The number of para-hydroxylation sites is 1. The molecule has 15 rings (SSSR count). The number of aryl methyl sites for hydroxylation is 1. The van der Waals surface area contributed by atoms with Crippen molar-refractivity contribution in [1.29, 1.82) is 0 Å². The van der Waals surface area contributed by atoms with Crippen molar-refractivity contribution in [2.45, 2.75) is 17.8 Å². The highest BCUT2D eigenvalue weighted by molar-refractivity contribution is 6.10. The standard InChI is InChI=1S/C73H52N2/c1-48-34-38-55(39-35-48)72(65-30-13-14-31-66(65)73(54-23-6-3-7-24-54)64-29-12-10-26-59(64)62-28-17-32-67(72)71(62)73)56-25-16-22-53(44-56)63-46-52(49-18-4-2-5-19-49)37-43-68(63)74-57-40-42-61-60-27-11-15-33-69(60)75(70(61)47-57)58-41-36-50-20-8-9-21-51(50)45-58/h2-47,65-66,74H,1H3. The van der Waals surface area contributed by atoms with E-state index in [2.05, 4.69) is 296 Å². The summed E-state index contributed by atoms with van der Waals surface area (Å²) in [5, 5.41) is 8.94. The van der Waals surface area contributed by atoms with Crippen LogP contribution in [-0.4, -0.2) is 4.57 Å². The van der Waals surface area contributed by atoms with Crippen LogP contribution in [0.5, 0.6) is 0 Å². The summed E-state index contributed by atoms with van der Waals surface area (Å²) in [6.45, 7) is 2.20. The van der Waals surface area contributed by atoms with Crippen molar-refractivity contribution in [3.05, 3.63) is 318 Å². The maximum absolute atomic E-state index is 4.02. The van der Waals surface area contributed by atoms with Crippen molar-refractivity contribution in [2.75, 3.05) is 5.32 Å². The van der Waals surface area contributed by atoms with E-state index in [4.69, 9.17) is 0 Å². The third kappa shape index (κ3) is 6.39. The predicted octanol–water partition coefficient (Wildman–Crippen LogP) is 18.3. The van der Waals surface area contributed by atoms with E-state index in [1.165, 1.54) is 88.3 Å². The molecule has 0 saturated heterocycles. The molecule has 1 N–H and O–H groups in total. The molecule has 0 saturated carbocycles. The number of nitrogens with zero attached hydrogens (tertiary/aromatic N) is 1. The highest BCUT2D eigenvalue weighted by atomic mass is 15.0. The van der Waals surface area contributed by atoms with E-state index >= 15 is 0 Å². The molecule has 354 valence electrons. The number of hydrogen-bond acceptors (Lipinski definition) is 1. The van der Waals surface area contributed by atoms with Gasteiger partial charge in [-0.2, -0.15) is 0 Å². The molecule has 0 aliphatic heterocycles. The summed E-state index contributed by atoms with van der Waals surface area (Å²) in [6, 6.07) is 95.6. The number of nitrogens with one attached hydrogen (secondary N) is 1. The molecule has 0 fully saturated rings. The van der Waals surface area contributed by atoms with Gasteiger partial charge in [-0.3, -0.25) is 0 Å². The van der Waals surface area contributed by atoms with Gasteiger partial charge in [-0.1, -0.05) is 236 Å². The second-order valence-electron chi connectivity index (χ2n) is 20.9. The third-order valence-corrected chi connectivity index (χ3v) is 17.1. The van der Waals surface area contributed by atoms with Crippen molar-refractivity contribution < 1.29 is 0 Å². The molecule has 0 spiro atoms. The lowest BCUT2D eigenvalue weighted by molar-refractivity contribution is 0.251. The highest BCUT2D eigenvalue weighted by Gasteiger charge is 2.63. The van der Waals surface area contributed by atoms with Crippen LogP contribution in [-0.2, 0) is 10.8 Å². The Hall–Kier alpha value is -9.24. The molecule has 0 bridgehead atoms. The molecule has 11 aromatic carbocycles. The van der Waals surface area contributed by atoms with Crippen LogP contribution in [0.25, 0.3) is 71.6 Å². The molecule has 75 heavy (non-hydrogen) atoms. The lowest BCUT2D eigenvalue weighted by Crippen LogP contribution is -2.54. The van der Waals surface area contributed by atoms with E-state index in [0.717, 1.165) is 33.7 Å².